The van der Waals surface area contributed by atoms with Gasteiger partial charge in [-0.25, -0.2) is 9.78 Å². The molecule has 0 aliphatic heterocycles. The third-order valence-corrected chi connectivity index (χ3v) is 9.31. The number of benzene rings is 2. The Morgan fingerprint density at radius 1 is 0.849 bits per heavy atom. The van der Waals surface area contributed by atoms with Gasteiger partial charge in [0.25, 0.3) is 0 Å². The molecular weight excluding hydrogens is 678 g/mol. The fraction of sp³-hybridized carbons (Fsp3) is 0.462. The molecule has 4 aromatic rings. The van der Waals surface area contributed by atoms with E-state index in [1.807, 2.05) is 82.3 Å². The van der Waals surface area contributed by atoms with E-state index in [0.717, 1.165) is 28.5 Å². The van der Waals surface area contributed by atoms with Crippen molar-refractivity contribution in [3.05, 3.63) is 90.1 Å². The summed E-state index contributed by atoms with van der Waals surface area (Å²) in [4.78, 5) is 64.3. The topological polar surface area (TPSA) is 211 Å². The lowest BCUT2D eigenvalue weighted by molar-refractivity contribution is -0.131. The second kappa shape index (κ2) is 20.1. The highest BCUT2D eigenvalue weighted by Crippen LogP contribution is 2.20. The maximum absolute atomic E-state index is 14.1. The summed E-state index contributed by atoms with van der Waals surface area (Å²) in [6.07, 6.45) is 3.64. The van der Waals surface area contributed by atoms with E-state index >= 15 is 0 Å². The molecule has 0 aliphatic carbocycles. The second-order valence-electron chi connectivity index (χ2n) is 13.9. The van der Waals surface area contributed by atoms with Gasteiger partial charge < -0.3 is 46.2 Å². The summed E-state index contributed by atoms with van der Waals surface area (Å²) in [6.45, 7) is 7.49. The maximum Gasteiger partial charge on any atom is 0.408 e. The van der Waals surface area contributed by atoms with Crippen LogP contribution in [0.1, 0.15) is 63.8 Å². The summed E-state index contributed by atoms with van der Waals surface area (Å²) in [5.41, 5.74) is 2.90. The lowest BCUT2D eigenvalue weighted by atomic mass is 9.95. The standard InChI is InChI=1S/C39H53N7O7/c1-5-25(4)34(21-47)43-36(49)18-35(48)31(15-24(2)3)44-38(51)33(17-28-20-40-23-42-28)45-37(50)32(16-27-19-41-30-14-10-9-13-29(27)30)46-39(52)53-22-26-11-7-6-8-12-26/h6-14,19-20,23-25,31-35,41,47-48H,5,15-18,21-22H2,1-4H3,(H,40,42)(H,43,49)(H,44,51)(H,45,50)(H,46,52)/t25?,31?,32-,33-,34+,35?/m0/s1. The summed E-state index contributed by atoms with van der Waals surface area (Å²) in [7, 11) is 0. The molecule has 2 aromatic heterocycles. The van der Waals surface area contributed by atoms with E-state index in [9.17, 15) is 29.4 Å². The van der Waals surface area contributed by atoms with Crippen molar-refractivity contribution >= 4 is 34.7 Å². The largest absolute Gasteiger partial charge is 0.445 e. The monoisotopic (exact) mass is 731 g/mol. The van der Waals surface area contributed by atoms with Crippen molar-refractivity contribution in [2.75, 3.05) is 6.61 Å². The predicted molar refractivity (Wildman–Crippen MR) is 200 cm³/mol. The minimum Gasteiger partial charge on any atom is -0.445 e. The number of hydrogen-bond donors (Lipinski definition) is 8. The fourth-order valence-electron chi connectivity index (χ4n) is 6.08. The molecule has 0 aliphatic rings. The van der Waals surface area contributed by atoms with Crippen LogP contribution in [0, 0.1) is 11.8 Å². The van der Waals surface area contributed by atoms with Crippen LogP contribution in [0.2, 0.25) is 0 Å². The average molecular weight is 732 g/mol. The van der Waals surface area contributed by atoms with E-state index in [1.54, 1.807) is 12.4 Å². The van der Waals surface area contributed by atoms with Crippen molar-refractivity contribution in [1.82, 2.24) is 36.2 Å². The van der Waals surface area contributed by atoms with Gasteiger partial charge >= 0.3 is 6.09 Å². The molecule has 0 saturated carbocycles. The molecule has 0 bridgehead atoms. The molecular formula is C39H53N7O7. The lowest BCUT2D eigenvalue weighted by Gasteiger charge is -2.29. The Hall–Kier alpha value is -5.21. The van der Waals surface area contributed by atoms with E-state index in [4.69, 9.17) is 4.74 Å². The number of aromatic nitrogens is 3. The van der Waals surface area contributed by atoms with Crippen LogP contribution in [0.15, 0.2) is 73.3 Å². The molecule has 0 radical (unpaired) electrons. The van der Waals surface area contributed by atoms with Gasteiger partial charge in [-0.2, -0.15) is 0 Å². The summed E-state index contributed by atoms with van der Waals surface area (Å²) in [5, 5.41) is 33.0. The van der Waals surface area contributed by atoms with Crippen LogP contribution in [0.25, 0.3) is 10.9 Å². The van der Waals surface area contributed by atoms with Gasteiger partial charge in [0, 0.05) is 36.1 Å². The Bertz CT molecular complexity index is 1740. The number of amides is 4. The van der Waals surface area contributed by atoms with Gasteiger partial charge in [0.05, 0.1) is 43.2 Å². The van der Waals surface area contributed by atoms with Crippen LogP contribution < -0.4 is 21.3 Å². The Morgan fingerprint density at radius 3 is 2.23 bits per heavy atom. The van der Waals surface area contributed by atoms with Crippen molar-refractivity contribution in [1.29, 1.82) is 0 Å². The number of nitrogens with zero attached hydrogens (tertiary/aromatic N) is 1. The quantitative estimate of drug-likeness (QED) is 0.0675. The first-order chi connectivity index (χ1) is 25.5. The zero-order valence-electron chi connectivity index (χ0n) is 30.8. The van der Waals surface area contributed by atoms with Crippen LogP contribution in [0.5, 0.6) is 0 Å². The van der Waals surface area contributed by atoms with Gasteiger partial charge in [-0.05, 0) is 35.4 Å². The fourth-order valence-corrected chi connectivity index (χ4v) is 6.08. The van der Waals surface area contributed by atoms with Crippen LogP contribution >= 0.6 is 0 Å². The number of hydrogen-bond acceptors (Lipinski definition) is 8. The number of rotatable bonds is 20. The number of para-hydroxylation sites is 1. The first-order valence-electron chi connectivity index (χ1n) is 18.2. The molecule has 4 rings (SSSR count). The van der Waals surface area contributed by atoms with Gasteiger partial charge in [0.15, 0.2) is 0 Å². The molecule has 14 nitrogen and oxygen atoms in total. The number of fused-ring (bicyclic) bond motifs is 1. The molecule has 0 fully saturated rings. The summed E-state index contributed by atoms with van der Waals surface area (Å²) in [5.74, 6) is -1.63. The Balaban J connectivity index is 1.53. The molecule has 2 heterocycles. The van der Waals surface area contributed by atoms with Crippen molar-refractivity contribution < 1.29 is 34.1 Å². The zero-order valence-corrected chi connectivity index (χ0v) is 30.8. The number of H-pyrrole nitrogens is 2. The molecule has 0 spiro atoms. The highest BCUT2D eigenvalue weighted by molar-refractivity contribution is 5.92. The van der Waals surface area contributed by atoms with Crippen LogP contribution in [0.4, 0.5) is 4.79 Å². The molecule has 4 amide bonds. The predicted octanol–water partition coefficient (Wildman–Crippen LogP) is 3.26. The smallest absolute Gasteiger partial charge is 0.408 e. The average Bonchev–Trinajstić information content (AvgIpc) is 3.82. The number of aliphatic hydroxyl groups is 2. The summed E-state index contributed by atoms with van der Waals surface area (Å²) >= 11 is 0. The molecule has 3 unspecified atom stereocenters. The molecule has 6 atom stereocenters. The van der Waals surface area contributed by atoms with E-state index in [1.165, 1.54) is 6.33 Å². The van der Waals surface area contributed by atoms with Gasteiger partial charge in [0.2, 0.25) is 17.7 Å². The highest BCUT2D eigenvalue weighted by Gasteiger charge is 2.32. The van der Waals surface area contributed by atoms with Crippen LogP contribution in [-0.4, -0.2) is 85.9 Å². The van der Waals surface area contributed by atoms with Crippen molar-refractivity contribution in [2.45, 2.75) is 96.7 Å². The SMILES string of the molecule is CCC(C)[C@@H](CO)NC(=O)CC(O)C(CC(C)C)NC(=O)[C@H](Cc1c[nH]cn1)NC(=O)[C@H](Cc1c[nH]c2ccccc12)NC(=O)OCc1ccccc1. The van der Waals surface area contributed by atoms with E-state index in [0.29, 0.717) is 12.1 Å². The third kappa shape index (κ3) is 12.5. The molecule has 286 valence electrons. The summed E-state index contributed by atoms with van der Waals surface area (Å²) in [6, 6.07) is 13.1. The van der Waals surface area contributed by atoms with Crippen LogP contribution in [0.3, 0.4) is 0 Å². The third-order valence-electron chi connectivity index (χ3n) is 9.31. The van der Waals surface area contributed by atoms with E-state index < -0.39 is 54.1 Å². The van der Waals surface area contributed by atoms with Gasteiger partial charge in [-0.15, -0.1) is 0 Å². The normalized spacial score (nSPS) is 14.8. The minimum atomic E-state index is -1.25. The first kappa shape index (κ1) is 40.6. The van der Waals surface area contributed by atoms with Crippen molar-refractivity contribution in [3.8, 4) is 0 Å². The lowest BCUT2D eigenvalue weighted by Crippen LogP contribution is -2.57. The number of alkyl carbamates (subject to hydrolysis) is 1. The van der Waals surface area contributed by atoms with Crippen LogP contribution in [-0.2, 0) is 38.6 Å². The number of imidazole rings is 1. The second-order valence-corrected chi connectivity index (χ2v) is 13.9. The van der Waals surface area contributed by atoms with Gasteiger partial charge in [0.1, 0.15) is 18.7 Å². The molecule has 2 aromatic carbocycles. The van der Waals surface area contributed by atoms with Crippen molar-refractivity contribution in [3.63, 3.8) is 0 Å². The van der Waals surface area contributed by atoms with Gasteiger partial charge in [-0.1, -0.05) is 82.6 Å². The maximum atomic E-state index is 14.1. The number of carbonyl (C=O) groups is 4. The number of carbonyl (C=O) groups excluding carboxylic acids is 4. The van der Waals surface area contributed by atoms with Gasteiger partial charge in [-0.3, -0.25) is 14.4 Å². The zero-order chi connectivity index (χ0) is 38.3. The first-order valence-corrected chi connectivity index (χ1v) is 18.2. The molecule has 14 heteroatoms. The number of ether oxygens (including phenoxy) is 1. The molecule has 0 saturated heterocycles. The minimum absolute atomic E-state index is 0.00258. The highest BCUT2D eigenvalue weighted by atomic mass is 16.5. The number of aromatic amines is 2. The molecule has 53 heavy (non-hydrogen) atoms. The summed E-state index contributed by atoms with van der Waals surface area (Å²) < 4.78 is 5.45. The Kier molecular flexibility index (Phi) is 15.4. The van der Waals surface area contributed by atoms with Crippen molar-refractivity contribution in [2.24, 2.45) is 11.8 Å². The Morgan fingerprint density at radius 2 is 1.55 bits per heavy atom. The molecule has 8 N–H and O–H groups in total. The van der Waals surface area contributed by atoms with E-state index in [-0.39, 0.29) is 44.3 Å². The van der Waals surface area contributed by atoms with E-state index in [2.05, 4.69) is 36.2 Å². The number of nitrogens with one attached hydrogen (secondary N) is 6. The Labute approximate surface area is 309 Å². The number of aliphatic hydroxyl groups excluding tert-OH is 2.